The largest absolute Gasteiger partial charge is 0.388 e. The van der Waals surface area contributed by atoms with Gasteiger partial charge in [0, 0.05) is 6.54 Å². The molecule has 5 nitrogen and oxygen atoms in total. The second-order valence-corrected chi connectivity index (χ2v) is 4.50. The van der Waals surface area contributed by atoms with Gasteiger partial charge < -0.3 is 10.4 Å². The van der Waals surface area contributed by atoms with Crippen LogP contribution in [-0.2, 0) is 13.2 Å². The molecular weight excluding hydrogens is 240 g/mol. The maximum Gasteiger partial charge on any atom is 0.164 e. The highest BCUT2D eigenvalue weighted by atomic mass is 16.3. The van der Waals surface area contributed by atoms with E-state index in [2.05, 4.69) is 51.7 Å². The fraction of sp³-hybridized carbons (Fsp3) is 0.429. The number of H-pyrrole nitrogens is 1. The first-order chi connectivity index (χ1) is 9.33. The Balaban J connectivity index is 1.83. The summed E-state index contributed by atoms with van der Waals surface area (Å²) in [6, 6.07) is 10.5. The number of hydrogen-bond acceptors (Lipinski definition) is 4. The third-order valence-corrected chi connectivity index (χ3v) is 3.17. The van der Waals surface area contributed by atoms with Gasteiger partial charge in [-0.3, -0.25) is 5.10 Å². The van der Waals surface area contributed by atoms with Crippen molar-refractivity contribution < 1.29 is 5.11 Å². The van der Waals surface area contributed by atoms with Gasteiger partial charge in [-0.05, 0) is 17.9 Å². The van der Waals surface area contributed by atoms with Crippen molar-refractivity contribution in [3.63, 3.8) is 0 Å². The van der Waals surface area contributed by atoms with Crippen LogP contribution in [0.5, 0.6) is 0 Å². The summed E-state index contributed by atoms with van der Waals surface area (Å²) < 4.78 is 0. The highest BCUT2D eigenvalue weighted by molar-refractivity contribution is 5.19. The molecule has 0 saturated heterocycles. The molecule has 0 aliphatic carbocycles. The zero-order valence-electron chi connectivity index (χ0n) is 11.1. The van der Waals surface area contributed by atoms with Crippen LogP contribution < -0.4 is 5.32 Å². The molecule has 0 aliphatic heterocycles. The molecule has 5 heteroatoms. The summed E-state index contributed by atoms with van der Waals surface area (Å²) in [6.07, 6.45) is 1.09. The van der Waals surface area contributed by atoms with Crippen molar-refractivity contribution in [2.24, 2.45) is 0 Å². The normalized spacial score (nSPS) is 12.5. The van der Waals surface area contributed by atoms with Crippen molar-refractivity contribution >= 4 is 0 Å². The molecule has 3 N–H and O–H groups in total. The molecule has 2 rings (SSSR count). The van der Waals surface area contributed by atoms with E-state index in [1.807, 2.05) is 6.07 Å². The number of nitrogens with one attached hydrogen (secondary N) is 2. The summed E-state index contributed by atoms with van der Waals surface area (Å²) in [5.74, 6) is 1.69. The molecule has 0 spiro atoms. The smallest absolute Gasteiger partial charge is 0.164 e. The predicted molar refractivity (Wildman–Crippen MR) is 73.5 cm³/mol. The average molecular weight is 260 g/mol. The van der Waals surface area contributed by atoms with Gasteiger partial charge in [0.2, 0.25) is 0 Å². The van der Waals surface area contributed by atoms with E-state index in [0.717, 1.165) is 13.0 Å². The molecule has 0 amide bonds. The van der Waals surface area contributed by atoms with Crippen molar-refractivity contribution in [2.75, 3.05) is 6.54 Å². The summed E-state index contributed by atoms with van der Waals surface area (Å²) >= 11 is 0. The highest BCUT2D eigenvalue weighted by Crippen LogP contribution is 2.17. The van der Waals surface area contributed by atoms with Gasteiger partial charge in [-0.1, -0.05) is 37.3 Å². The van der Waals surface area contributed by atoms with Gasteiger partial charge in [-0.15, -0.1) is 0 Å². The lowest BCUT2D eigenvalue weighted by molar-refractivity contribution is 0.271. The van der Waals surface area contributed by atoms with Gasteiger partial charge in [-0.25, -0.2) is 4.98 Å². The fourth-order valence-corrected chi connectivity index (χ4v) is 2.07. The maximum atomic E-state index is 8.90. The Morgan fingerprint density at radius 2 is 2.11 bits per heavy atom. The van der Waals surface area contributed by atoms with Crippen LogP contribution in [0.4, 0.5) is 0 Å². The molecule has 1 aromatic heterocycles. The molecular formula is C14H20N4O. The summed E-state index contributed by atoms with van der Waals surface area (Å²) in [5.41, 5.74) is 1.35. The lowest BCUT2D eigenvalue weighted by Crippen LogP contribution is -2.21. The molecule has 0 aliphatic rings. The van der Waals surface area contributed by atoms with E-state index in [1.54, 1.807) is 0 Å². The Morgan fingerprint density at radius 1 is 1.32 bits per heavy atom. The molecule has 0 fully saturated rings. The van der Waals surface area contributed by atoms with Crippen molar-refractivity contribution in [1.82, 2.24) is 20.5 Å². The lowest BCUT2D eigenvalue weighted by atomic mass is 9.96. The lowest BCUT2D eigenvalue weighted by Gasteiger charge is -2.15. The van der Waals surface area contributed by atoms with Gasteiger partial charge in [0.25, 0.3) is 0 Å². The summed E-state index contributed by atoms with van der Waals surface area (Å²) in [6.45, 7) is 3.59. The van der Waals surface area contributed by atoms with Gasteiger partial charge >= 0.3 is 0 Å². The quantitative estimate of drug-likeness (QED) is 0.706. The number of benzene rings is 1. The summed E-state index contributed by atoms with van der Waals surface area (Å²) in [5, 5.41) is 19.0. The fourth-order valence-electron chi connectivity index (χ4n) is 2.07. The van der Waals surface area contributed by atoms with Crippen molar-refractivity contribution in [3.8, 4) is 0 Å². The summed E-state index contributed by atoms with van der Waals surface area (Å²) in [4.78, 5) is 4.14. The van der Waals surface area contributed by atoms with E-state index in [9.17, 15) is 0 Å². The van der Waals surface area contributed by atoms with Crippen LogP contribution in [0, 0.1) is 0 Å². The van der Waals surface area contributed by atoms with E-state index in [-0.39, 0.29) is 6.61 Å². The van der Waals surface area contributed by atoms with Crippen LogP contribution in [0.3, 0.4) is 0 Å². The van der Waals surface area contributed by atoms with E-state index in [4.69, 9.17) is 5.11 Å². The van der Waals surface area contributed by atoms with Gasteiger partial charge in [0.1, 0.15) is 12.4 Å². The number of aliphatic hydroxyl groups is 1. The van der Waals surface area contributed by atoms with E-state index in [1.165, 1.54) is 5.56 Å². The standard InChI is InChI=1S/C14H20N4O/c1-2-11(12-6-4-3-5-7-12)8-15-9-13-16-14(10-19)18-17-13/h3-7,11,15,19H,2,8-10H2,1H3,(H,16,17,18). The molecule has 0 bridgehead atoms. The zero-order valence-corrected chi connectivity index (χ0v) is 11.1. The number of aliphatic hydroxyl groups excluding tert-OH is 1. The SMILES string of the molecule is CCC(CNCc1n[nH]c(CO)n1)c1ccccc1. The van der Waals surface area contributed by atoms with Crippen LogP contribution in [-0.4, -0.2) is 26.8 Å². The molecule has 1 unspecified atom stereocenters. The maximum absolute atomic E-state index is 8.90. The van der Waals surface area contributed by atoms with Crippen molar-refractivity contribution in [3.05, 3.63) is 47.5 Å². The number of rotatable bonds is 7. The monoisotopic (exact) mass is 260 g/mol. The van der Waals surface area contributed by atoms with Crippen LogP contribution in [0.1, 0.15) is 36.5 Å². The topological polar surface area (TPSA) is 73.8 Å². The minimum absolute atomic E-state index is 0.103. The number of nitrogens with zero attached hydrogens (tertiary/aromatic N) is 2. The second-order valence-electron chi connectivity index (χ2n) is 4.50. The number of aromatic nitrogens is 3. The third kappa shape index (κ3) is 3.87. The first-order valence-electron chi connectivity index (χ1n) is 6.60. The van der Waals surface area contributed by atoms with Crippen LogP contribution >= 0.6 is 0 Å². The molecule has 1 aromatic carbocycles. The van der Waals surface area contributed by atoms with Crippen LogP contribution in [0.25, 0.3) is 0 Å². The van der Waals surface area contributed by atoms with E-state index < -0.39 is 0 Å². The Labute approximate surface area is 113 Å². The molecule has 0 saturated carbocycles. The zero-order chi connectivity index (χ0) is 13.5. The first-order valence-corrected chi connectivity index (χ1v) is 6.60. The Kier molecular flexibility index (Phi) is 5.06. The molecule has 2 aromatic rings. The summed E-state index contributed by atoms with van der Waals surface area (Å²) in [7, 11) is 0. The average Bonchev–Trinajstić information content (AvgIpc) is 2.92. The molecule has 1 atom stereocenters. The van der Waals surface area contributed by atoms with Crippen LogP contribution in [0.2, 0.25) is 0 Å². The van der Waals surface area contributed by atoms with Crippen molar-refractivity contribution in [1.29, 1.82) is 0 Å². The Hall–Kier alpha value is -1.72. The van der Waals surface area contributed by atoms with Gasteiger partial charge in [0.05, 0.1) is 6.54 Å². The molecule has 102 valence electrons. The van der Waals surface area contributed by atoms with E-state index >= 15 is 0 Å². The minimum Gasteiger partial charge on any atom is -0.388 e. The number of aromatic amines is 1. The Bertz CT molecular complexity index is 483. The van der Waals surface area contributed by atoms with Gasteiger partial charge in [0.15, 0.2) is 5.82 Å². The molecule has 1 heterocycles. The first kappa shape index (κ1) is 13.7. The van der Waals surface area contributed by atoms with Crippen LogP contribution in [0.15, 0.2) is 30.3 Å². The number of hydrogen-bond donors (Lipinski definition) is 3. The van der Waals surface area contributed by atoms with Crippen molar-refractivity contribution in [2.45, 2.75) is 32.4 Å². The Morgan fingerprint density at radius 3 is 2.74 bits per heavy atom. The van der Waals surface area contributed by atoms with Gasteiger partial charge in [-0.2, -0.15) is 5.10 Å². The minimum atomic E-state index is -0.103. The molecule has 0 radical (unpaired) electrons. The third-order valence-electron chi connectivity index (χ3n) is 3.17. The second kappa shape index (κ2) is 7.01. The molecule has 19 heavy (non-hydrogen) atoms. The van der Waals surface area contributed by atoms with E-state index in [0.29, 0.717) is 24.1 Å². The highest BCUT2D eigenvalue weighted by Gasteiger charge is 2.09. The predicted octanol–water partition coefficient (Wildman–Crippen LogP) is 1.58.